The Balaban J connectivity index is 1.42. The third kappa shape index (κ3) is 5.22. The topological polar surface area (TPSA) is 15.8 Å². The van der Waals surface area contributed by atoms with Crippen molar-refractivity contribution in [3.8, 4) is 22.4 Å². The zero-order valence-electron chi connectivity index (χ0n) is 31.1. The van der Waals surface area contributed by atoms with E-state index in [4.69, 9.17) is 0 Å². The van der Waals surface area contributed by atoms with Gasteiger partial charge in [-0.15, -0.1) is 0 Å². The molecule has 1 aliphatic carbocycles. The van der Waals surface area contributed by atoms with Gasteiger partial charge in [0, 0.05) is 16.5 Å². The van der Waals surface area contributed by atoms with Crippen molar-refractivity contribution < 1.29 is 0 Å². The number of allylic oxidation sites excluding steroid dienone is 1. The fourth-order valence-electron chi connectivity index (χ4n) is 8.99. The Morgan fingerprint density at radius 2 is 0.904 bits per heavy atom. The number of aromatic amines is 1. The molecule has 0 saturated heterocycles. The van der Waals surface area contributed by atoms with Gasteiger partial charge in [-0.2, -0.15) is 0 Å². The third-order valence-electron chi connectivity index (χ3n) is 11.0. The first-order valence-electron chi connectivity index (χ1n) is 18.7. The molecule has 0 radical (unpaired) electrons. The quantitative estimate of drug-likeness (QED) is 0.179. The predicted molar refractivity (Wildman–Crippen MR) is 224 cm³/mol. The number of aromatic nitrogens is 1. The Morgan fingerprint density at radius 1 is 0.442 bits per heavy atom. The third-order valence-corrected chi connectivity index (χ3v) is 11.0. The number of hydrogen-bond acceptors (Lipinski definition) is 0. The lowest BCUT2D eigenvalue weighted by molar-refractivity contribution is 0.593. The highest BCUT2D eigenvalue weighted by Crippen LogP contribution is 2.51. The number of fused-ring (bicyclic) bond motifs is 4. The van der Waals surface area contributed by atoms with E-state index in [-0.39, 0.29) is 10.8 Å². The molecule has 0 atom stereocenters. The van der Waals surface area contributed by atoms with Crippen LogP contribution in [-0.4, -0.2) is 4.98 Å². The van der Waals surface area contributed by atoms with E-state index in [1.165, 1.54) is 99.4 Å². The molecule has 52 heavy (non-hydrogen) atoms. The molecule has 0 unspecified atom stereocenters. The summed E-state index contributed by atoms with van der Waals surface area (Å²) in [7, 11) is 0. The molecule has 0 amide bonds. The van der Waals surface area contributed by atoms with Crippen LogP contribution < -0.4 is 0 Å². The van der Waals surface area contributed by atoms with E-state index in [1.807, 2.05) is 0 Å². The molecule has 8 aromatic rings. The molecule has 9 rings (SSSR count). The highest BCUT2D eigenvalue weighted by molar-refractivity contribution is 6.16. The van der Waals surface area contributed by atoms with E-state index in [0.717, 1.165) is 6.42 Å². The maximum absolute atomic E-state index is 3.94. The minimum atomic E-state index is -0.108. The maximum Gasteiger partial charge on any atom is 0.0544 e. The van der Waals surface area contributed by atoms with Crippen LogP contribution in [0.2, 0.25) is 0 Å². The highest BCUT2D eigenvalue weighted by Gasteiger charge is 2.32. The van der Waals surface area contributed by atoms with Crippen LogP contribution in [0.15, 0.2) is 146 Å². The molecule has 1 N–H and O–H groups in total. The van der Waals surface area contributed by atoms with E-state index in [2.05, 4.69) is 192 Å². The van der Waals surface area contributed by atoms with Crippen LogP contribution in [-0.2, 0) is 17.3 Å². The molecule has 1 heteroatoms. The Bertz CT molecular complexity index is 2660. The summed E-state index contributed by atoms with van der Waals surface area (Å²) in [6.07, 6.45) is 0.918. The van der Waals surface area contributed by atoms with Crippen molar-refractivity contribution in [2.75, 3.05) is 0 Å². The molecular formula is C51H45N. The number of hydrogen-bond donors (Lipinski definition) is 1. The molecule has 1 aromatic heterocycles. The molecule has 0 saturated carbocycles. The largest absolute Gasteiger partial charge is 0.354 e. The fourth-order valence-corrected chi connectivity index (χ4v) is 8.99. The maximum atomic E-state index is 3.94. The summed E-state index contributed by atoms with van der Waals surface area (Å²) in [5, 5.41) is 6.70. The van der Waals surface area contributed by atoms with Crippen LogP contribution in [0.5, 0.6) is 0 Å². The van der Waals surface area contributed by atoms with Gasteiger partial charge in [0.25, 0.3) is 0 Å². The number of benzene rings is 7. The Kier molecular flexibility index (Phi) is 7.42. The lowest BCUT2D eigenvalue weighted by atomic mass is 9.73. The van der Waals surface area contributed by atoms with Gasteiger partial charge in [-0.25, -0.2) is 0 Å². The van der Waals surface area contributed by atoms with E-state index in [0.29, 0.717) is 0 Å². The van der Waals surface area contributed by atoms with Gasteiger partial charge >= 0.3 is 0 Å². The molecule has 1 aliphatic rings. The van der Waals surface area contributed by atoms with Crippen molar-refractivity contribution in [2.24, 2.45) is 0 Å². The van der Waals surface area contributed by atoms with E-state index >= 15 is 0 Å². The second kappa shape index (κ2) is 12.0. The first-order valence-corrected chi connectivity index (χ1v) is 18.7. The zero-order chi connectivity index (χ0) is 35.8. The van der Waals surface area contributed by atoms with Crippen molar-refractivity contribution in [2.45, 2.75) is 58.8 Å². The second-order valence-electron chi connectivity index (χ2n) is 16.6. The fraction of sp³-hybridized carbons (Fsp3) is 0.176. The molecule has 1 nitrogen and oxygen atoms in total. The van der Waals surface area contributed by atoms with Gasteiger partial charge < -0.3 is 4.98 Å². The summed E-state index contributed by atoms with van der Waals surface area (Å²) in [6, 6.07) is 53.8. The van der Waals surface area contributed by atoms with Gasteiger partial charge in [0.2, 0.25) is 0 Å². The summed E-state index contributed by atoms with van der Waals surface area (Å²) in [6.45, 7) is 14.3. The van der Waals surface area contributed by atoms with Crippen LogP contribution in [0.25, 0.3) is 66.0 Å². The van der Waals surface area contributed by atoms with Gasteiger partial charge in [0.05, 0.1) is 5.69 Å². The van der Waals surface area contributed by atoms with Crippen LogP contribution in [0.4, 0.5) is 0 Å². The number of rotatable bonds is 4. The van der Waals surface area contributed by atoms with E-state index in [1.54, 1.807) is 0 Å². The lowest BCUT2D eigenvalue weighted by Gasteiger charge is -2.31. The van der Waals surface area contributed by atoms with Gasteiger partial charge in [-0.3, -0.25) is 0 Å². The van der Waals surface area contributed by atoms with Crippen molar-refractivity contribution in [3.05, 3.63) is 179 Å². The molecule has 0 spiro atoms. The Hall–Kier alpha value is -5.66. The first-order chi connectivity index (χ1) is 25.1. The SMILES string of the molecule is CC(C)(C)c1c2cc3c(cc2c(C(C)(C)C)c2cc4c(-c5ccccc5)c(-c5ccccc5)[nH]c4cc12)CC(c1ccccc1)=C3c1ccccc1. The Labute approximate surface area is 307 Å². The highest BCUT2D eigenvalue weighted by atomic mass is 14.7. The van der Waals surface area contributed by atoms with Crippen molar-refractivity contribution in [1.29, 1.82) is 0 Å². The predicted octanol–water partition coefficient (Wildman–Crippen LogP) is 13.9. The standard InChI is InChI=1S/C51H45N/c1-50(2,3)47-39-28-36-27-37(32-19-11-7-12-20-32)45(33-21-13-8-14-22-33)38(36)29-40(39)48(51(4,5)6)42-31-44-43(30-41(42)47)46(34-23-15-9-16-24-34)49(52-44)35-25-17-10-18-26-35/h7-26,28-31,52H,27H2,1-6H3. The number of H-pyrrole nitrogens is 1. The minimum Gasteiger partial charge on any atom is -0.354 e. The van der Waals surface area contributed by atoms with Gasteiger partial charge in [0.15, 0.2) is 0 Å². The van der Waals surface area contributed by atoms with Crippen LogP contribution >= 0.6 is 0 Å². The number of nitrogens with one attached hydrogen (secondary N) is 1. The van der Waals surface area contributed by atoms with Crippen LogP contribution in [0.3, 0.4) is 0 Å². The lowest BCUT2D eigenvalue weighted by Crippen LogP contribution is -2.18. The van der Waals surface area contributed by atoms with Crippen LogP contribution in [0, 0.1) is 0 Å². The average molecular weight is 672 g/mol. The summed E-state index contributed by atoms with van der Waals surface area (Å²) < 4.78 is 0. The second-order valence-corrected chi connectivity index (χ2v) is 16.6. The van der Waals surface area contributed by atoms with Crippen molar-refractivity contribution in [3.63, 3.8) is 0 Å². The molecular weight excluding hydrogens is 627 g/mol. The first kappa shape index (κ1) is 32.3. The van der Waals surface area contributed by atoms with Crippen LogP contribution in [0.1, 0.15) is 74.9 Å². The summed E-state index contributed by atoms with van der Waals surface area (Å²) in [4.78, 5) is 3.94. The molecule has 0 fully saturated rings. The molecule has 7 aromatic carbocycles. The van der Waals surface area contributed by atoms with Crippen molar-refractivity contribution in [1.82, 2.24) is 4.98 Å². The molecule has 0 aliphatic heterocycles. The van der Waals surface area contributed by atoms with Gasteiger partial charge in [-0.05, 0) is 119 Å². The monoisotopic (exact) mass is 671 g/mol. The van der Waals surface area contributed by atoms with Crippen molar-refractivity contribution >= 4 is 43.6 Å². The average Bonchev–Trinajstić information content (AvgIpc) is 3.70. The summed E-state index contributed by atoms with van der Waals surface area (Å²) >= 11 is 0. The molecule has 1 heterocycles. The molecule has 0 bridgehead atoms. The minimum absolute atomic E-state index is 0.100. The van der Waals surface area contributed by atoms with E-state index < -0.39 is 0 Å². The summed E-state index contributed by atoms with van der Waals surface area (Å²) in [5.41, 5.74) is 16.8. The van der Waals surface area contributed by atoms with E-state index in [9.17, 15) is 0 Å². The van der Waals surface area contributed by atoms with Gasteiger partial charge in [-0.1, -0.05) is 163 Å². The summed E-state index contributed by atoms with van der Waals surface area (Å²) in [5.74, 6) is 0. The normalized spacial score (nSPS) is 13.4. The van der Waals surface area contributed by atoms with Gasteiger partial charge in [0.1, 0.15) is 0 Å². The smallest absolute Gasteiger partial charge is 0.0544 e. The Morgan fingerprint density at radius 3 is 1.46 bits per heavy atom. The molecule has 254 valence electrons. The zero-order valence-corrected chi connectivity index (χ0v) is 31.1.